The summed E-state index contributed by atoms with van der Waals surface area (Å²) in [4.78, 5) is 11.6. The fourth-order valence-electron chi connectivity index (χ4n) is 1.32. The van der Waals surface area contributed by atoms with Gasteiger partial charge in [-0.3, -0.25) is 4.79 Å². The summed E-state index contributed by atoms with van der Waals surface area (Å²) >= 11 is 0. The van der Waals surface area contributed by atoms with Crippen molar-refractivity contribution in [2.24, 2.45) is 0 Å². The van der Waals surface area contributed by atoms with Crippen molar-refractivity contribution in [1.29, 1.82) is 0 Å². The van der Waals surface area contributed by atoms with Gasteiger partial charge in [0.2, 0.25) is 5.91 Å². The molecule has 0 aliphatic rings. The van der Waals surface area contributed by atoms with E-state index in [1.807, 2.05) is 6.92 Å². The van der Waals surface area contributed by atoms with Crippen LogP contribution in [0.1, 0.15) is 25.8 Å². The first kappa shape index (κ1) is 14.4. The number of halogens is 1. The SMILES string of the molecule is CCC(C)(CO)NC(=O)/C=C/c1ccc(F)cc1. The van der Waals surface area contributed by atoms with Gasteiger partial charge in [-0.2, -0.15) is 0 Å². The molecule has 0 fully saturated rings. The van der Waals surface area contributed by atoms with Gasteiger partial charge in [0, 0.05) is 6.08 Å². The molecule has 0 radical (unpaired) electrons. The van der Waals surface area contributed by atoms with Gasteiger partial charge in [-0.1, -0.05) is 19.1 Å². The number of amides is 1. The lowest BCUT2D eigenvalue weighted by atomic mass is 10.0. The highest BCUT2D eigenvalue weighted by Gasteiger charge is 2.21. The van der Waals surface area contributed by atoms with Crippen molar-refractivity contribution in [2.75, 3.05) is 6.61 Å². The third kappa shape index (κ3) is 4.30. The molecule has 98 valence electrons. The maximum absolute atomic E-state index is 12.7. The van der Waals surface area contributed by atoms with Gasteiger partial charge in [0.05, 0.1) is 12.1 Å². The molecule has 2 N–H and O–H groups in total. The molecule has 0 aliphatic heterocycles. The molecule has 1 amide bonds. The van der Waals surface area contributed by atoms with E-state index in [0.29, 0.717) is 6.42 Å². The summed E-state index contributed by atoms with van der Waals surface area (Å²) < 4.78 is 12.7. The first-order chi connectivity index (χ1) is 8.49. The predicted molar refractivity (Wildman–Crippen MR) is 69.4 cm³/mol. The highest BCUT2D eigenvalue weighted by Crippen LogP contribution is 2.08. The lowest BCUT2D eigenvalue weighted by molar-refractivity contribution is -0.118. The zero-order valence-electron chi connectivity index (χ0n) is 10.6. The molecule has 1 rings (SSSR count). The second-order valence-electron chi connectivity index (χ2n) is 4.45. The lowest BCUT2D eigenvalue weighted by Gasteiger charge is -2.26. The molecular weight excluding hydrogens is 233 g/mol. The highest BCUT2D eigenvalue weighted by atomic mass is 19.1. The van der Waals surface area contributed by atoms with Crippen molar-refractivity contribution in [3.8, 4) is 0 Å². The van der Waals surface area contributed by atoms with Crippen molar-refractivity contribution in [2.45, 2.75) is 25.8 Å². The molecule has 3 nitrogen and oxygen atoms in total. The van der Waals surface area contributed by atoms with E-state index < -0.39 is 5.54 Å². The quantitative estimate of drug-likeness (QED) is 0.787. The number of hydrogen-bond donors (Lipinski definition) is 2. The molecule has 0 saturated heterocycles. The van der Waals surface area contributed by atoms with E-state index in [9.17, 15) is 9.18 Å². The Kier molecular flexibility index (Phi) is 5.04. The minimum absolute atomic E-state index is 0.111. The molecular formula is C14H18FNO2. The number of carbonyl (C=O) groups is 1. The Bertz CT molecular complexity index is 422. The molecule has 0 spiro atoms. The Morgan fingerprint density at radius 3 is 2.56 bits per heavy atom. The standard InChI is InChI=1S/C14H18FNO2/c1-3-14(2,10-17)16-13(18)9-6-11-4-7-12(15)8-5-11/h4-9,17H,3,10H2,1-2H3,(H,16,18)/b9-6+. The second kappa shape index (κ2) is 6.31. The van der Waals surface area contributed by atoms with E-state index >= 15 is 0 Å². The Balaban J connectivity index is 2.62. The summed E-state index contributed by atoms with van der Waals surface area (Å²) in [6.07, 6.45) is 3.61. The van der Waals surface area contributed by atoms with Gasteiger partial charge in [0.25, 0.3) is 0 Å². The van der Waals surface area contributed by atoms with Crippen LogP contribution in [0.15, 0.2) is 30.3 Å². The normalized spacial score (nSPS) is 14.4. The van der Waals surface area contributed by atoms with Gasteiger partial charge in [0.15, 0.2) is 0 Å². The van der Waals surface area contributed by atoms with Crippen LogP contribution < -0.4 is 5.32 Å². The second-order valence-corrected chi connectivity index (χ2v) is 4.45. The molecule has 1 atom stereocenters. The van der Waals surface area contributed by atoms with E-state index in [4.69, 9.17) is 5.11 Å². The van der Waals surface area contributed by atoms with Gasteiger partial charge < -0.3 is 10.4 Å². The topological polar surface area (TPSA) is 49.3 Å². The number of hydrogen-bond acceptors (Lipinski definition) is 2. The summed E-state index contributed by atoms with van der Waals surface area (Å²) in [5, 5.41) is 11.9. The third-order valence-electron chi connectivity index (χ3n) is 2.85. The van der Waals surface area contributed by atoms with Crippen molar-refractivity contribution in [3.63, 3.8) is 0 Å². The number of rotatable bonds is 5. The minimum atomic E-state index is -0.607. The molecule has 0 bridgehead atoms. The van der Waals surface area contributed by atoms with Crippen molar-refractivity contribution in [1.82, 2.24) is 5.32 Å². The number of aliphatic hydroxyl groups is 1. The summed E-state index contributed by atoms with van der Waals surface area (Å²) in [7, 11) is 0. The smallest absolute Gasteiger partial charge is 0.244 e. The lowest BCUT2D eigenvalue weighted by Crippen LogP contribution is -2.47. The Morgan fingerprint density at radius 2 is 2.06 bits per heavy atom. The molecule has 1 aromatic rings. The molecule has 1 aromatic carbocycles. The first-order valence-corrected chi connectivity index (χ1v) is 5.86. The fourth-order valence-corrected chi connectivity index (χ4v) is 1.32. The summed E-state index contributed by atoms with van der Waals surface area (Å²) in [6, 6.07) is 5.84. The minimum Gasteiger partial charge on any atom is -0.394 e. The average Bonchev–Trinajstić information content (AvgIpc) is 2.38. The van der Waals surface area contributed by atoms with Crippen molar-refractivity contribution < 1.29 is 14.3 Å². The molecule has 0 heterocycles. The van der Waals surface area contributed by atoms with E-state index in [2.05, 4.69) is 5.32 Å². The van der Waals surface area contributed by atoms with Crippen LogP contribution in [-0.4, -0.2) is 23.2 Å². The Morgan fingerprint density at radius 1 is 1.44 bits per heavy atom. The third-order valence-corrected chi connectivity index (χ3v) is 2.85. The average molecular weight is 251 g/mol. The zero-order chi connectivity index (χ0) is 13.6. The molecule has 1 unspecified atom stereocenters. The van der Waals surface area contributed by atoms with Crippen LogP contribution in [0.5, 0.6) is 0 Å². The van der Waals surface area contributed by atoms with Gasteiger partial charge in [0.1, 0.15) is 5.82 Å². The maximum Gasteiger partial charge on any atom is 0.244 e. The predicted octanol–water partition coefficient (Wildman–Crippen LogP) is 2.12. The summed E-state index contributed by atoms with van der Waals surface area (Å²) in [6.45, 7) is 3.55. The van der Waals surface area contributed by atoms with Crippen LogP contribution >= 0.6 is 0 Å². The Labute approximate surface area is 106 Å². The number of benzene rings is 1. The van der Waals surface area contributed by atoms with Gasteiger partial charge in [-0.05, 0) is 37.1 Å². The fraction of sp³-hybridized carbons (Fsp3) is 0.357. The van der Waals surface area contributed by atoms with Gasteiger partial charge >= 0.3 is 0 Å². The monoisotopic (exact) mass is 251 g/mol. The van der Waals surface area contributed by atoms with Crippen LogP contribution in [0.2, 0.25) is 0 Å². The highest BCUT2D eigenvalue weighted by molar-refractivity contribution is 5.92. The molecule has 0 aliphatic carbocycles. The van der Waals surface area contributed by atoms with Crippen LogP contribution in [0, 0.1) is 5.82 Å². The van der Waals surface area contributed by atoms with E-state index in [1.54, 1.807) is 25.1 Å². The maximum atomic E-state index is 12.7. The zero-order valence-corrected chi connectivity index (χ0v) is 10.6. The van der Waals surface area contributed by atoms with E-state index in [1.165, 1.54) is 18.2 Å². The van der Waals surface area contributed by atoms with Gasteiger partial charge in [-0.25, -0.2) is 4.39 Å². The van der Waals surface area contributed by atoms with Crippen LogP contribution in [0.3, 0.4) is 0 Å². The summed E-state index contributed by atoms with van der Waals surface area (Å²) in [5.41, 5.74) is 0.137. The number of carbonyl (C=O) groups excluding carboxylic acids is 1. The van der Waals surface area contributed by atoms with Crippen molar-refractivity contribution >= 4 is 12.0 Å². The van der Waals surface area contributed by atoms with Crippen LogP contribution in [0.4, 0.5) is 4.39 Å². The van der Waals surface area contributed by atoms with Crippen molar-refractivity contribution in [3.05, 3.63) is 41.7 Å². The number of aliphatic hydroxyl groups excluding tert-OH is 1. The van der Waals surface area contributed by atoms with Gasteiger partial charge in [-0.15, -0.1) is 0 Å². The molecule has 0 aromatic heterocycles. The van der Waals surface area contributed by atoms with Crippen LogP contribution in [0.25, 0.3) is 6.08 Å². The molecule has 18 heavy (non-hydrogen) atoms. The summed E-state index contributed by atoms with van der Waals surface area (Å²) in [5.74, 6) is -0.590. The number of nitrogens with one attached hydrogen (secondary N) is 1. The largest absolute Gasteiger partial charge is 0.394 e. The van der Waals surface area contributed by atoms with E-state index in [0.717, 1.165) is 5.56 Å². The first-order valence-electron chi connectivity index (χ1n) is 5.86. The van der Waals surface area contributed by atoms with E-state index in [-0.39, 0.29) is 18.3 Å². The molecule has 4 heteroatoms. The van der Waals surface area contributed by atoms with Crippen LogP contribution in [-0.2, 0) is 4.79 Å². The molecule has 0 saturated carbocycles. The Hall–Kier alpha value is -1.68.